The van der Waals surface area contributed by atoms with Gasteiger partial charge in [-0.2, -0.15) is 0 Å². The number of aliphatic hydroxyl groups excluding tert-OH is 1. The quantitative estimate of drug-likeness (QED) is 0.604. The SMILES string of the molecule is CNC1=C(C)C(=O)C(O)=C(C/C=C(\C)C(C)C)C1=O. The molecule has 0 amide bonds. The number of rotatable bonds is 4. The lowest BCUT2D eigenvalue weighted by atomic mass is 9.90. The number of hydrogen-bond donors (Lipinski definition) is 2. The normalized spacial score (nSPS) is 17.7. The van der Waals surface area contributed by atoms with Crippen LogP contribution >= 0.6 is 0 Å². The Hall–Kier alpha value is -1.84. The monoisotopic (exact) mass is 263 g/mol. The van der Waals surface area contributed by atoms with Crippen LogP contribution in [0.3, 0.4) is 0 Å². The number of allylic oxidation sites excluding steroid dienone is 4. The molecule has 0 saturated carbocycles. The molecule has 0 unspecified atom stereocenters. The van der Waals surface area contributed by atoms with E-state index in [-0.39, 0.29) is 29.0 Å². The molecule has 104 valence electrons. The van der Waals surface area contributed by atoms with Gasteiger partial charge >= 0.3 is 0 Å². The molecule has 0 aromatic rings. The average Bonchev–Trinajstić information content (AvgIpc) is 2.36. The minimum atomic E-state index is -0.477. The van der Waals surface area contributed by atoms with Gasteiger partial charge in [0.05, 0.1) is 11.3 Å². The predicted molar refractivity (Wildman–Crippen MR) is 74.6 cm³/mol. The fourth-order valence-electron chi connectivity index (χ4n) is 1.85. The van der Waals surface area contributed by atoms with Crippen LogP contribution in [0.1, 0.15) is 34.1 Å². The molecule has 1 rings (SSSR count). The number of nitrogens with one attached hydrogen (secondary N) is 1. The number of Topliss-reactive ketones (excluding diaryl/α,β-unsaturated/α-hetero) is 2. The highest BCUT2D eigenvalue weighted by Gasteiger charge is 2.31. The molecule has 0 aromatic heterocycles. The minimum Gasteiger partial charge on any atom is -0.504 e. The molecule has 0 atom stereocenters. The third kappa shape index (κ3) is 2.95. The van der Waals surface area contributed by atoms with Crippen molar-refractivity contribution in [2.24, 2.45) is 5.92 Å². The molecule has 0 radical (unpaired) electrons. The summed E-state index contributed by atoms with van der Waals surface area (Å²) in [4.78, 5) is 24.0. The summed E-state index contributed by atoms with van der Waals surface area (Å²) in [6, 6.07) is 0. The van der Waals surface area contributed by atoms with Crippen molar-refractivity contribution in [3.63, 3.8) is 0 Å². The van der Waals surface area contributed by atoms with E-state index in [0.717, 1.165) is 5.57 Å². The molecule has 0 aliphatic heterocycles. The second-order valence-corrected chi connectivity index (χ2v) is 5.04. The van der Waals surface area contributed by atoms with E-state index in [1.165, 1.54) is 6.92 Å². The average molecular weight is 263 g/mol. The van der Waals surface area contributed by atoms with Gasteiger partial charge in [0.25, 0.3) is 0 Å². The van der Waals surface area contributed by atoms with Crippen LogP contribution in [0, 0.1) is 5.92 Å². The molecule has 0 aromatic carbocycles. The second kappa shape index (κ2) is 5.87. The van der Waals surface area contributed by atoms with E-state index < -0.39 is 11.5 Å². The number of carbonyl (C=O) groups is 2. The zero-order valence-corrected chi connectivity index (χ0v) is 12.1. The maximum absolute atomic E-state index is 12.2. The van der Waals surface area contributed by atoms with Crippen molar-refractivity contribution in [1.82, 2.24) is 5.32 Å². The Balaban J connectivity index is 3.11. The van der Waals surface area contributed by atoms with Crippen LogP contribution in [0.15, 0.2) is 34.3 Å². The maximum atomic E-state index is 12.2. The fourth-order valence-corrected chi connectivity index (χ4v) is 1.85. The number of ketones is 2. The fraction of sp³-hybridized carbons (Fsp3) is 0.467. The third-order valence-corrected chi connectivity index (χ3v) is 3.51. The minimum absolute atomic E-state index is 0.167. The van der Waals surface area contributed by atoms with Crippen molar-refractivity contribution in [1.29, 1.82) is 0 Å². The molecule has 0 spiro atoms. The predicted octanol–water partition coefficient (Wildman–Crippen LogP) is 2.44. The largest absolute Gasteiger partial charge is 0.504 e. The molecule has 4 nitrogen and oxygen atoms in total. The zero-order valence-electron chi connectivity index (χ0n) is 12.1. The van der Waals surface area contributed by atoms with E-state index in [0.29, 0.717) is 5.92 Å². The first-order chi connectivity index (χ1) is 8.81. The molecule has 4 heteroatoms. The van der Waals surface area contributed by atoms with Gasteiger partial charge in [-0.25, -0.2) is 0 Å². The second-order valence-electron chi connectivity index (χ2n) is 5.04. The summed E-state index contributed by atoms with van der Waals surface area (Å²) in [5.41, 5.74) is 1.82. The van der Waals surface area contributed by atoms with Crippen LogP contribution < -0.4 is 5.32 Å². The first-order valence-corrected chi connectivity index (χ1v) is 6.38. The van der Waals surface area contributed by atoms with Crippen LogP contribution in [0.25, 0.3) is 0 Å². The lowest BCUT2D eigenvalue weighted by Gasteiger charge is -2.18. The van der Waals surface area contributed by atoms with Gasteiger partial charge in [-0.1, -0.05) is 25.5 Å². The molecule has 0 bridgehead atoms. The highest BCUT2D eigenvalue weighted by molar-refractivity contribution is 6.23. The number of hydrogen-bond acceptors (Lipinski definition) is 4. The zero-order chi connectivity index (χ0) is 14.7. The Morgan fingerprint density at radius 1 is 1.32 bits per heavy atom. The Labute approximate surface area is 113 Å². The summed E-state index contributed by atoms with van der Waals surface area (Å²) in [5.74, 6) is -0.827. The van der Waals surface area contributed by atoms with E-state index in [2.05, 4.69) is 19.2 Å². The third-order valence-electron chi connectivity index (χ3n) is 3.51. The van der Waals surface area contributed by atoms with Gasteiger partial charge < -0.3 is 10.4 Å². The Kier molecular flexibility index (Phi) is 4.70. The van der Waals surface area contributed by atoms with E-state index in [9.17, 15) is 14.7 Å². The molecular weight excluding hydrogens is 242 g/mol. The van der Waals surface area contributed by atoms with Gasteiger partial charge in [0, 0.05) is 12.6 Å². The number of carbonyl (C=O) groups excluding carboxylic acids is 2. The summed E-state index contributed by atoms with van der Waals surface area (Å²) >= 11 is 0. The first kappa shape index (κ1) is 15.2. The van der Waals surface area contributed by atoms with E-state index >= 15 is 0 Å². The molecule has 1 aliphatic carbocycles. The van der Waals surface area contributed by atoms with Crippen LogP contribution in [0.4, 0.5) is 0 Å². The van der Waals surface area contributed by atoms with Gasteiger partial charge in [0.2, 0.25) is 11.6 Å². The maximum Gasteiger partial charge on any atom is 0.225 e. The molecule has 19 heavy (non-hydrogen) atoms. The van der Waals surface area contributed by atoms with Crippen LogP contribution in [-0.2, 0) is 9.59 Å². The first-order valence-electron chi connectivity index (χ1n) is 6.38. The van der Waals surface area contributed by atoms with Gasteiger partial charge in [-0.3, -0.25) is 9.59 Å². The molecule has 0 heterocycles. The van der Waals surface area contributed by atoms with Crippen molar-refractivity contribution >= 4 is 11.6 Å². The Morgan fingerprint density at radius 2 is 1.89 bits per heavy atom. The van der Waals surface area contributed by atoms with Gasteiger partial charge in [0.1, 0.15) is 0 Å². The van der Waals surface area contributed by atoms with Gasteiger partial charge in [-0.15, -0.1) is 0 Å². The molecule has 0 saturated heterocycles. The standard InChI is InChI=1S/C15H21NO3/c1-8(2)9(3)6-7-11-14(18)12(16-5)10(4)13(17)15(11)19/h6,8,16,19H,7H2,1-5H3/b9-6+. The van der Waals surface area contributed by atoms with E-state index in [1.54, 1.807) is 7.05 Å². The van der Waals surface area contributed by atoms with Crippen molar-refractivity contribution in [3.8, 4) is 0 Å². The number of aliphatic hydroxyl groups is 1. The Morgan fingerprint density at radius 3 is 2.37 bits per heavy atom. The van der Waals surface area contributed by atoms with Crippen molar-refractivity contribution < 1.29 is 14.7 Å². The van der Waals surface area contributed by atoms with Crippen molar-refractivity contribution in [3.05, 3.63) is 34.3 Å². The summed E-state index contributed by atoms with van der Waals surface area (Å²) in [6.07, 6.45) is 2.16. The summed E-state index contributed by atoms with van der Waals surface area (Å²) in [6.45, 7) is 7.61. The topological polar surface area (TPSA) is 66.4 Å². The van der Waals surface area contributed by atoms with Crippen LogP contribution in [0.5, 0.6) is 0 Å². The number of likely N-dealkylation sites (N-methyl/N-ethyl adjacent to an activating group) is 1. The highest BCUT2D eigenvalue weighted by Crippen LogP contribution is 2.25. The van der Waals surface area contributed by atoms with E-state index in [1.807, 2.05) is 13.0 Å². The van der Waals surface area contributed by atoms with Gasteiger partial charge in [-0.05, 0) is 26.2 Å². The van der Waals surface area contributed by atoms with E-state index in [4.69, 9.17) is 0 Å². The van der Waals surface area contributed by atoms with Gasteiger partial charge in [0.15, 0.2) is 5.76 Å². The van der Waals surface area contributed by atoms with Crippen LogP contribution in [-0.4, -0.2) is 23.7 Å². The lowest BCUT2D eigenvalue weighted by Crippen LogP contribution is -2.29. The molecule has 1 aliphatic rings. The smallest absolute Gasteiger partial charge is 0.225 e. The van der Waals surface area contributed by atoms with Crippen molar-refractivity contribution in [2.75, 3.05) is 7.05 Å². The highest BCUT2D eigenvalue weighted by atomic mass is 16.3. The Bertz CT molecular complexity index is 507. The lowest BCUT2D eigenvalue weighted by molar-refractivity contribution is -0.118. The summed E-state index contributed by atoms with van der Waals surface area (Å²) in [7, 11) is 1.60. The van der Waals surface area contributed by atoms with Crippen molar-refractivity contribution in [2.45, 2.75) is 34.1 Å². The van der Waals surface area contributed by atoms with Crippen LogP contribution in [0.2, 0.25) is 0 Å². The molecule has 0 fully saturated rings. The summed E-state index contributed by atoms with van der Waals surface area (Å²) in [5, 5.41) is 12.6. The molecule has 2 N–H and O–H groups in total. The molecular formula is C15H21NO3. The summed E-state index contributed by atoms with van der Waals surface area (Å²) < 4.78 is 0.